The quantitative estimate of drug-likeness (QED) is 0.804. The molecule has 3 fully saturated rings. The van der Waals surface area contributed by atoms with Gasteiger partial charge in [0.05, 0.1) is 16.6 Å². The molecule has 2 aromatic rings. The second-order valence-corrected chi connectivity index (χ2v) is 9.30. The Labute approximate surface area is 170 Å². The highest BCUT2D eigenvalue weighted by atomic mass is 16.4. The molecule has 1 saturated heterocycles. The lowest BCUT2D eigenvalue weighted by Crippen LogP contribution is -2.62. The summed E-state index contributed by atoms with van der Waals surface area (Å²) >= 11 is 0. The summed E-state index contributed by atoms with van der Waals surface area (Å²) in [6, 6.07) is 8.61. The first-order chi connectivity index (χ1) is 14.0. The molecule has 0 spiro atoms. The van der Waals surface area contributed by atoms with Gasteiger partial charge < -0.3 is 5.11 Å². The summed E-state index contributed by atoms with van der Waals surface area (Å²) in [4.78, 5) is 31.7. The minimum absolute atomic E-state index is 0.353. The first kappa shape index (κ1) is 18.8. The highest BCUT2D eigenvalue weighted by Gasteiger charge is 2.58. The van der Waals surface area contributed by atoms with E-state index in [1.807, 2.05) is 18.2 Å². The molecule has 2 aliphatic carbocycles. The zero-order valence-corrected chi connectivity index (χ0v) is 17.0. The maximum absolute atomic E-state index is 13.2. The lowest BCUT2D eigenvalue weighted by molar-refractivity contribution is -0.0192. The Balaban J connectivity index is 1.53. The Morgan fingerprint density at radius 2 is 1.86 bits per heavy atom. The summed E-state index contributed by atoms with van der Waals surface area (Å²) in [5.41, 5.74) is 0.134. The van der Waals surface area contributed by atoms with Crippen LogP contribution in [0.5, 0.6) is 0 Å². The van der Waals surface area contributed by atoms with Gasteiger partial charge in [-0.25, -0.2) is 9.78 Å². The van der Waals surface area contributed by atoms with Crippen molar-refractivity contribution in [1.29, 1.82) is 0 Å². The number of carboxylic acids is 1. The van der Waals surface area contributed by atoms with Crippen molar-refractivity contribution in [3.63, 3.8) is 0 Å². The van der Waals surface area contributed by atoms with E-state index in [1.54, 1.807) is 10.6 Å². The molecule has 3 atom stereocenters. The smallest absolute Gasteiger partial charge is 0.360 e. The fourth-order valence-corrected chi connectivity index (χ4v) is 6.35. The molecule has 154 valence electrons. The van der Waals surface area contributed by atoms with E-state index >= 15 is 0 Å². The predicted molar refractivity (Wildman–Crippen MR) is 111 cm³/mol. The minimum Gasteiger partial charge on any atom is -0.476 e. The molecule has 1 N–H and O–H groups in total. The van der Waals surface area contributed by atoms with E-state index in [0.717, 1.165) is 24.9 Å². The highest BCUT2D eigenvalue weighted by Crippen LogP contribution is 2.54. The molecule has 6 heteroatoms. The monoisotopic (exact) mass is 395 g/mol. The zero-order chi connectivity index (χ0) is 20.2. The Kier molecular flexibility index (Phi) is 4.50. The van der Waals surface area contributed by atoms with Crippen molar-refractivity contribution < 1.29 is 9.90 Å². The number of nitrogens with zero attached hydrogens (tertiary/aromatic N) is 3. The third-order valence-corrected chi connectivity index (χ3v) is 7.78. The number of carboxylic acid groups (broad SMARTS) is 1. The number of aromatic carboxylic acids is 1. The molecule has 1 aromatic heterocycles. The molecular formula is C23H29N3O3. The second-order valence-electron chi connectivity index (χ2n) is 9.30. The van der Waals surface area contributed by atoms with Gasteiger partial charge in [0.2, 0.25) is 5.69 Å². The van der Waals surface area contributed by atoms with Gasteiger partial charge in [-0.3, -0.25) is 14.3 Å². The molecule has 6 nitrogen and oxygen atoms in total. The van der Waals surface area contributed by atoms with Crippen molar-refractivity contribution in [2.75, 3.05) is 6.54 Å². The number of hydrogen-bond donors (Lipinski definition) is 1. The number of aromatic nitrogens is 2. The van der Waals surface area contributed by atoms with Crippen LogP contribution in [0.2, 0.25) is 0 Å². The van der Waals surface area contributed by atoms with Gasteiger partial charge in [-0.15, -0.1) is 0 Å². The van der Waals surface area contributed by atoms with Crippen molar-refractivity contribution in [3.8, 4) is 0 Å². The summed E-state index contributed by atoms with van der Waals surface area (Å²) in [5, 5.41) is 9.55. The molecule has 1 aliphatic heterocycles. The number of benzene rings is 1. The second kappa shape index (κ2) is 6.94. The van der Waals surface area contributed by atoms with Crippen molar-refractivity contribution in [2.24, 2.45) is 5.92 Å². The molecule has 0 bridgehead atoms. The Hall–Kier alpha value is -2.21. The van der Waals surface area contributed by atoms with Gasteiger partial charge in [0, 0.05) is 12.1 Å². The molecule has 5 rings (SSSR count). The van der Waals surface area contributed by atoms with Gasteiger partial charge in [-0.1, -0.05) is 37.8 Å². The maximum atomic E-state index is 13.2. The van der Waals surface area contributed by atoms with Crippen LogP contribution in [0.4, 0.5) is 0 Å². The first-order valence-corrected chi connectivity index (χ1v) is 11.0. The normalized spacial score (nSPS) is 30.7. The van der Waals surface area contributed by atoms with Gasteiger partial charge in [0.15, 0.2) is 0 Å². The minimum atomic E-state index is -1.25. The number of rotatable bonds is 3. The van der Waals surface area contributed by atoms with Crippen LogP contribution >= 0.6 is 0 Å². The summed E-state index contributed by atoms with van der Waals surface area (Å²) in [6.07, 6.45) is 9.92. The number of carbonyl (C=O) groups is 1. The van der Waals surface area contributed by atoms with E-state index in [-0.39, 0.29) is 11.2 Å². The highest BCUT2D eigenvalue weighted by molar-refractivity contribution is 5.88. The SMILES string of the molecule is C[C@]1(n2c(=O)c(C(=O)O)nc3ccccc32)C[C@@H]2C1CCN2C1CCCCCC1. The van der Waals surface area contributed by atoms with Crippen LogP contribution in [0.15, 0.2) is 29.1 Å². The Morgan fingerprint density at radius 1 is 1.14 bits per heavy atom. The fraction of sp³-hybridized carbons (Fsp3) is 0.609. The van der Waals surface area contributed by atoms with E-state index in [2.05, 4.69) is 16.8 Å². The molecule has 0 amide bonds. The summed E-state index contributed by atoms with van der Waals surface area (Å²) in [6.45, 7) is 3.24. The van der Waals surface area contributed by atoms with Crippen molar-refractivity contribution in [1.82, 2.24) is 14.5 Å². The number of para-hydroxylation sites is 2. The fourth-order valence-electron chi connectivity index (χ4n) is 6.35. The molecule has 3 aliphatic rings. The Bertz CT molecular complexity index is 1010. The summed E-state index contributed by atoms with van der Waals surface area (Å²) in [7, 11) is 0. The average molecular weight is 396 g/mol. The molecule has 1 unspecified atom stereocenters. The maximum Gasteiger partial charge on any atom is 0.360 e. The van der Waals surface area contributed by atoms with Crippen molar-refractivity contribution in [2.45, 2.75) is 75.9 Å². The zero-order valence-electron chi connectivity index (χ0n) is 17.0. The first-order valence-electron chi connectivity index (χ1n) is 11.0. The lowest BCUT2D eigenvalue weighted by Gasteiger charge is -2.54. The third-order valence-electron chi connectivity index (χ3n) is 7.78. The van der Waals surface area contributed by atoms with Gasteiger partial charge in [0.1, 0.15) is 0 Å². The van der Waals surface area contributed by atoms with Crippen LogP contribution in [0.3, 0.4) is 0 Å². The largest absolute Gasteiger partial charge is 0.476 e. The topological polar surface area (TPSA) is 75.4 Å². The predicted octanol–water partition coefficient (Wildman–Crippen LogP) is 3.63. The molecule has 1 aromatic carbocycles. The number of likely N-dealkylation sites (tertiary alicyclic amines) is 1. The van der Waals surface area contributed by atoms with Crippen LogP contribution in [0.1, 0.15) is 68.8 Å². The van der Waals surface area contributed by atoms with Crippen LogP contribution < -0.4 is 5.56 Å². The lowest BCUT2D eigenvalue weighted by atomic mass is 9.63. The summed E-state index contributed by atoms with van der Waals surface area (Å²) < 4.78 is 1.76. The van der Waals surface area contributed by atoms with Crippen LogP contribution in [0.25, 0.3) is 11.0 Å². The van der Waals surface area contributed by atoms with Crippen LogP contribution in [-0.2, 0) is 5.54 Å². The third kappa shape index (κ3) is 2.83. The molecule has 29 heavy (non-hydrogen) atoms. The van der Waals surface area contributed by atoms with E-state index < -0.39 is 11.5 Å². The van der Waals surface area contributed by atoms with Crippen molar-refractivity contribution >= 4 is 17.0 Å². The molecule has 2 saturated carbocycles. The van der Waals surface area contributed by atoms with Gasteiger partial charge in [0.25, 0.3) is 5.56 Å². The molecule has 0 radical (unpaired) electrons. The van der Waals surface area contributed by atoms with Gasteiger partial charge in [-0.2, -0.15) is 0 Å². The molecule has 2 heterocycles. The molecular weight excluding hydrogens is 366 g/mol. The summed E-state index contributed by atoms with van der Waals surface area (Å²) in [5.74, 6) is -0.864. The van der Waals surface area contributed by atoms with Gasteiger partial charge >= 0.3 is 5.97 Å². The number of hydrogen-bond acceptors (Lipinski definition) is 4. The average Bonchev–Trinajstić information content (AvgIpc) is 2.88. The van der Waals surface area contributed by atoms with Crippen molar-refractivity contribution in [3.05, 3.63) is 40.3 Å². The number of fused-ring (bicyclic) bond motifs is 2. The van der Waals surface area contributed by atoms with Crippen LogP contribution in [-0.4, -0.2) is 44.2 Å². The van der Waals surface area contributed by atoms with E-state index in [1.165, 1.54) is 38.5 Å². The van der Waals surface area contributed by atoms with Gasteiger partial charge in [-0.05, 0) is 57.2 Å². The van der Waals surface area contributed by atoms with E-state index in [0.29, 0.717) is 23.5 Å². The Morgan fingerprint density at radius 3 is 2.59 bits per heavy atom. The van der Waals surface area contributed by atoms with Crippen LogP contribution in [0, 0.1) is 5.92 Å². The van der Waals surface area contributed by atoms with E-state index in [9.17, 15) is 14.7 Å². The van der Waals surface area contributed by atoms with E-state index in [4.69, 9.17) is 0 Å². The standard InChI is InChI=1S/C23H29N3O3/c1-23(14-19-16(23)12-13-25(19)15-8-4-2-3-5-9-15)26-18-11-7-6-10-17(18)24-20(21(26)27)22(28)29/h6-7,10-11,15-16,19H,2-5,8-9,12-14H2,1H3,(H,28,29)/t16?,19-,23+/m1/s1.